The van der Waals surface area contributed by atoms with Crippen LogP contribution in [0.2, 0.25) is 5.02 Å². The Hall–Kier alpha value is -3.90. The fourth-order valence-corrected chi connectivity index (χ4v) is 3.06. The maximum absolute atomic E-state index is 12.3. The first-order valence-corrected chi connectivity index (χ1v) is 9.97. The number of amides is 1. The highest BCUT2D eigenvalue weighted by Gasteiger charge is 2.11. The molecule has 7 heteroatoms. The van der Waals surface area contributed by atoms with Crippen molar-refractivity contribution in [1.82, 2.24) is 15.6 Å². The zero-order valence-electron chi connectivity index (χ0n) is 16.5. The Balaban J connectivity index is 1.40. The van der Waals surface area contributed by atoms with Gasteiger partial charge in [-0.2, -0.15) is 10.2 Å². The lowest BCUT2D eigenvalue weighted by atomic mass is 10.1. The van der Waals surface area contributed by atoms with Crippen LogP contribution in [0, 0.1) is 0 Å². The molecule has 0 unspecified atom stereocenters. The van der Waals surface area contributed by atoms with Gasteiger partial charge in [-0.25, -0.2) is 5.43 Å². The molecule has 0 saturated heterocycles. The molecular weight excluding hydrogens is 412 g/mol. The van der Waals surface area contributed by atoms with Gasteiger partial charge >= 0.3 is 0 Å². The highest BCUT2D eigenvalue weighted by molar-refractivity contribution is 6.31. The van der Waals surface area contributed by atoms with Gasteiger partial charge < -0.3 is 4.74 Å². The van der Waals surface area contributed by atoms with Crippen molar-refractivity contribution in [2.75, 3.05) is 0 Å². The Morgan fingerprint density at radius 3 is 2.68 bits per heavy atom. The summed E-state index contributed by atoms with van der Waals surface area (Å²) in [5.41, 5.74) is 6.04. The van der Waals surface area contributed by atoms with Crippen LogP contribution in [0.4, 0.5) is 0 Å². The topological polar surface area (TPSA) is 79.4 Å². The standard InChI is InChI=1S/C24H19ClN4O2/c25-21-12-5-4-9-19(21)16-31-20-11-6-10-18(13-20)22-14-23(28-27-22)24(30)29-26-15-17-7-2-1-3-8-17/h1-15H,16H2,(H,27,28)(H,29,30)/b26-15-. The number of aromatic nitrogens is 2. The molecule has 0 radical (unpaired) electrons. The van der Waals surface area contributed by atoms with Gasteiger partial charge in [-0.15, -0.1) is 0 Å². The van der Waals surface area contributed by atoms with Crippen LogP contribution in [0.3, 0.4) is 0 Å². The molecule has 0 aliphatic carbocycles. The Kier molecular flexibility index (Phi) is 6.40. The third kappa shape index (κ3) is 5.38. The summed E-state index contributed by atoms with van der Waals surface area (Å²) in [5, 5.41) is 11.6. The van der Waals surface area contributed by atoms with E-state index in [9.17, 15) is 4.79 Å². The number of nitrogens with one attached hydrogen (secondary N) is 2. The van der Waals surface area contributed by atoms with Crippen LogP contribution in [0.5, 0.6) is 5.75 Å². The van der Waals surface area contributed by atoms with Gasteiger partial charge in [-0.1, -0.05) is 72.3 Å². The molecule has 2 N–H and O–H groups in total. The average molecular weight is 431 g/mol. The summed E-state index contributed by atoms with van der Waals surface area (Å²) >= 11 is 6.18. The molecule has 0 saturated carbocycles. The molecule has 0 spiro atoms. The molecule has 1 aromatic heterocycles. The second-order valence-corrected chi connectivity index (χ2v) is 7.09. The summed E-state index contributed by atoms with van der Waals surface area (Å²) in [6, 6.07) is 26.2. The number of H-pyrrole nitrogens is 1. The molecule has 0 atom stereocenters. The van der Waals surface area contributed by atoms with Crippen LogP contribution in [0.25, 0.3) is 11.3 Å². The molecular formula is C24H19ClN4O2. The zero-order valence-corrected chi connectivity index (χ0v) is 17.2. The number of halogens is 1. The van der Waals surface area contributed by atoms with Gasteiger partial charge in [0.05, 0.1) is 11.9 Å². The largest absolute Gasteiger partial charge is 0.489 e. The predicted octanol–water partition coefficient (Wildman–Crippen LogP) is 5.07. The smallest absolute Gasteiger partial charge is 0.289 e. The fraction of sp³-hybridized carbons (Fsp3) is 0.0417. The summed E-state index contributed by atoms with van der Waals surface area (Å²) in [6.07, 6.45) is 1.58. The van der Waals surface area contributed by atoms with E-state index >= 15 is 0 Å². The van der Waals surface area contributed by atoms with Crippen molar-refractivity contribution in [2.45, 2.75) is 6.61 Å². The van der Waals surface area contributed by atoms with Gasteiger partial charge in [-0.05, 0) is 29.8 Å². The molecule has 0 aliphatic rings. The molecule has 4 aromatic rings. The van der Waals surface area contributed by atoms with Crippen molar-refractivity contribution in [3.63, 3.8) is 0 Å². The average Bonchev–Trinajstić information content (AvgIpc) is 3.30. The highest BCUT2D eigenvalue weighted by atomic mass is 35.5. The van der Waals surface area contributed by atoms with Crippen LogP contribution in [0.1, 0.15) is 21.6 Å². The van der Waals surface area contributed by atoms with E-state index in [1.807, 2.05) is 78.9 Å². The minimum absolute atomic E-state index is 0.308. The molecule has 0 fully saturated rings. The summed E-state index contributed by atoms with van der Waals surface area (Å²) in [4.78, 5) is 12.3. The van der Waals surface area contributed by atoms with Gasteiger partial charge in [0.15, 0.2) is 0 Å². The van der Waals surface area contributed by atoms with Gasteiger partial charge in [0.2, 0.25) is 0 Å². The molecule has 6 nitrogen and oxygen atoms in total. The molecule has 1 amide bonds. The molecule has 1 heterocycles. The minimum Gasteiger partial charge on any atom is -0.489 e. The number of hydrogen-bond donors (Lipinski definition) is 2. The number of carbonyl (C=O) groups is 1. The summed E-state index contributed by atoms with van der Waals surface area (Å²) < 4.78 is 5.86. The normalized spacial score (nSPS) is 10.9. The Bertz CT molecular complexity index is 1200. The van der Waals surface area contributed by atoms with Gasteiger partial charge in [0.1, 0.15) is 18.1 Å². The zero-order chi connectivity index (χ0) is 21.5. The second-order valence-electron chi connectivity index (χ2n) is 6.68. The SMILES string of the molecule is O=C(N/N=C\c1ccccc1)c1cc(-c2cccc(OCc3ccccc3Cl)c2)n[nH]1. The third-order valence-electron chi connectivity index (χ3n) is 4.48. The lowest BCUT2D eigenvalue weighted by molar-refractivity contribution is 0.0950. The Morgan fingerprint density at radius 2 is 1.84 bits per heavy atom. The Labute approximate surface area is 184 Å². The van der Waals surface area contributed by atoms with E-state index < -0.39 is 0 Å². The first-order valence-electron chi connectivity index (χ1n) is 9.59. The Morgan fingerprint density at radius 1 is 1.03 bits per heavy atom. The van der Waals surface area contributed by atoms with Gasteiger partial charge in [-0.3, -0.25) is 9.89 Å². The summed E-state index contributed by atoms with van der Waals surface area (Å²) in [6.45, 7) is 0.358. The molecule has 3 aromatic carbocycles. The first kappa shape index (κ1) is 20.4. The van der Waals surface area contributed by atoms with Crippen LogP contribution in [0.15, 0.2) is 90.0 Å². The number of hydrazone groups is 1. The van der Waals surface area contributed by atoms with Gasteiger partial charge in [0.25, 0.3) is 5.91 Å². The lowest BCUT2D eigenvalue weighted by Gasteiger charge is -2.08. The molecule has 4 rings (SSSR count). The fourth-order valence-electron chi connectivity index (χ4n) is 2.87. The van der Waals surface area contributed by atoms with Crippen LogP contribution in [-0.4, -0.2) is 22.3 Å². The monoisotopic (exact) mass is 430 g/mol. The van der Waals surface area contributed by atoms with E-state index in [1.165, 1.54) is 0 Å². The van der Waals surface area contributed by atoms with Crippen LogP contribution >= 0.6 is 11.6 Å². The van der Waals surface area contributed by atoms with E-state index in [4.69, 9.17) is 16.3 Å². The quantitative estimate of drug-likeness (QED) is 0.317. The van der Waals surface area contributed by atoms with Crippen molar-refractivity contribution in [1.29, 1.82) is 0 Å². The second kappa shape index (κ2) is 9.73. The minimum atomic E-state index is -0.378. The number of carbonyl (C=O) groups excluding carboxylic acids is 1. The number of nitrogens with zero attached hydrogens (tertiary/aromatic N) is 2. The summed E-state index contributed by atoms with van der Waals surface area (Å²) in [5.74, 6) is 0.302. The number of rotatable bonds is 7. The van der Waals surface area contributed by atoms with Crippen molar-refractivity contribution in [3.05, 3.63) is 107 Å². The molecule has 0 bridgehead atoms. The van der Waals surface area contributed by atoms with Crippen LogP contribution < -0.4 is 10.2 Å². The predicted molar refractivity (Wildman–Crippen MR) is 121 cm³/mol. The first-order chi connectivity index (χ1) is 15.2. The maximum Gasteiger partial charge on any atom is 0.289 e. The highest BCUT2D eigenvalue weighted by Crippen LogP contribution is 2.24. The van der Waals surface area contributed by atoms with Crippen LogP contribution in [-0.2, 0) is 6.61 Å². The van der Waals surface area contributed by atoms with Crippen molar-refractivity contribution in [3.8, 4) is 17.0 Å². The molecule has 154 valence electrons. The van der Waals surface area contributed by atoms with Crippen molar-refractivity contribution >= 4 is 23.7 Å². The maximum atomic E-state index is 12.3. The van der Waals surface area contributed by atoms with E-state index in [-0.39, 0.29) is 5.91 Å². The molecule has 0 aliphatic heterocycles. The van der Waals surface area contributed by atoms with E-state index in [0.29, 0.717) is 28.8 Å². The van der Waals surface area contributed by atoms with E-state index in [0.717, 1.165) is 16.7 Å². The third-order valence-corrected chi connectivity index (χ3v) is 4.85. The molecule has 31 heavy (non-hydrogen) atoms. The number of benzene rings is 3. The van der Waals surface area contributed by atoms with E-state index in [1.54, 1.807) is 12.3 Å². The van der Waals surface area contributed by atoms with Crippen molar-refractivity contribution < 1.29 is 9.53 Å². The van der Waals surface area contributed by atoms with Crippen molar-refractivity contribution in [2.24, 2.45) is 5.10 Å². The number of ether oxygens (including phenoxy) is 1. The summed E-state index contributed by atoms with van der Waals surface area (Å²) in [7, 11) is 0. The van der Waals surface area contributed by atoms with E-state index in [2.05, 4.69) is 20.7 Å². The number of aromatic amines is 1. The lowest BCUT2D eigenvalue weighted by Crippen LogP contribution is -2.17. The number of hydrogen-bond acceptors (Lipinski definition) is 4. The van der Waals surface area contributed by atoms with Gasteiger partial charge in [0, 0.05) is 16.1 Å².